The van der Waals surface area contributed by atoms with E-state index < -0.39 is 9.84 Å². The fourth-order valence-electron chi connectivity index (χ4n) is 1.50. The Balaban J connectivity index is 2.28. The normalized spacial score (nSPS) is 22.1. The molecule has 1 rings (SSSR count). The third-order valence-electron chi connectivity index (χ3n) is 1.97. The number of nitrogens with one attached hydrogen (secondary N) is 1. The van der Waals surface area contributed by atoms with Crippen LogP contribution in [0.4, 0.5) is 0 Å². The lowest BCUT2D eigenvalue weighted by Gasteiger charge is -2.29. The molecule has 1 unspecified atom stereocenters. The lowest BCUT2D eigenvalue weighted by molar-refractivity contribution is 0.00671. The van der Waals surface area contributed by atoms with E-state index in [0.29, 0.717) is 13.2 Å². The first-order valence-electron chi connectivity index (χ1n) is 4.74. The van der Waals surface area contributed by atoms with Gasteiger partial charge in [0.05, 0.1) is 19.0 Å². The van der Waals surface area contributed by atoms with Crippen LogP contribution in [0.3, 0.4) is 0 Å². The Hall–Kier alpha value is -0.170. The minimum Gasteiger partial charge on any atom is -0.379 e. The molecule has 5 nitrogen and oxygen atoms in total. The Bertz CT molecular complexity index is 260. The largest absolute Gasteiger partial charge is 0.379 e. The highest BCUT2D eigenvalue weighted by Crippen LogP contribution is 1.96. The third-order valence-corrected chi connectivity index (χ3v) is 3.07. The predicted octanol–water partition coefficient (Wildman–Crippen LogP) is -0.744. The molecule has 84 valence electrons. The molecule has 1 aliphatic heterocycles. The lowest BCUT2D eigenvalue weighted by Crippen LogP contribution is -2.50. The summed E-state index contributed by atoms with van der Waals surface area (Å²) in [7, 11) is -2.89. The van der Waals surface area contributed by atoms with Crippen molar-refractivity contribution in [2.75, 3.05) is 38.3 Å². The van der Waals surface area contributed by atoms with Crippen LogP contribution in [0.1, 0.15) is 6.92 Å². The van der Waals surface area contributed by atoms with Gasteiger partial charge in [-0.2, -0.15) is 0 Å². The van der Waals surface area contributed by atoms with Crippen LogP contribution in [0.15, 0.2) is 0 Å². The molecule has 0 aliphatic carbocycles. The number of rotatable bonds is 4. The number of ether oxygens (including phenoxy) is 1. The van der Waals surface area contributed by atoms with Crippen molar-refractivity contribution < 1.29 is 13.2 Å². The summed E-state index contributed by atoms with van der Waals surface area (Å²) in [5, 5.41) is 2.01. The highest BCUT2D eigenvalue weighted by atomic mass is 32.2. The molecule has 0 aromatic heterocycles. The second kappa shape index (κ2) is 5.06. The topological polar surface area (TPSA) is 58.6 Å². The van der Waals surface area contributed by atoms with Gasteiger partial charge in [0, 0.05) is 25.4 Å². The standard InChI is InChI=1S/C8H18N2O3S/c1-8(7-14(2,11)12)9-10-3-5-13-6-4-10/h8-9H,3-7H2,1-2H3. The number of hydrogen-bond donors (Lipinski definition) is 1. The number of hydrazine groups is 1. The maximum Gasteiger partial charge on any atom is 0.149 e. The maximum absolute atomic E-state index is 11.0. The first kappa shape index (κ1) is 11.9. The van der Waals surface area contributed by atoms with Crippen LogP contribution in [0.2, 0.25) is 0 Å². The summed E-state index contributed by atoms with van der Waals surface area (Å²) in [5.74, 6) is 0.171. The second-order valence-corrected chi connectivity index (χ2v) is 5.91. The third kappa shape index (κ3) is 4.90. The summed E-state index contributed by atoms with van der Waals surface area (Å²) in [4.78, 5) is 0. The van der Waals surface area contributed by atoms with Crippen molar-refractivity contribution in [3.63, 3.8) is 0 Å². The summed E-state index contributed by atoms with van der Waals surface area (Å²) in [5.41, 5.74) is 3.15. The monoisotopic (exact) mass is 222 g/mol. The van der Waals surface area contributed by atoms with Gasteiger partial charge in [-0.3, -0.25) is 5.43 Å². The fraction of sp³-hybridized carbons (Fsp3) is 1.00. The summed E-state index contributed by atoms with van der Waals surface area (Å²) in [6.45, 7) is 4.91. The van der Waals surface area contributed by atoms with E-state index >= 15 is 0 Å². The Kier molecular flexibility index (Phi) is 4.31. The van der Waals surface area contributed by atoms with E-state index in [1.807, 2.05) is 11.9 Å². The van der Waals surface area contributed by atoms with Gasteiger partial charge in [0.1, 0.15) is 9.84 Å². The molecule has 0 amide bonds. The van der Waals surface area contributed by atoms with Gasteiger partial charge in [0.15, 0.2) is 0 Å². The quantitative estimate of drug-likeness (QED) is 0.678. The summed E-state index contributed by atoms with van der Waals surface area (Å²) in [6.07, 6.45) is 1.25. The molecular weight excluding hydrogens is 204 g/mol. The number of nitrogens with zero attached hydrogens (tertiary/aromatic N) is 1. The number of sulfone groups is 1. The summed E-state index contributed by atoms with van der Waals surface area (Å²) < 4.78 is 27.2. The van der Waals surface area contributed by atoms with E-state index in [1.54, 1.807) is 0 Å². The molecular formula is C8H18N2O3S. The molecule has 14 heavy (non-hydrogen) atoms. The predicted molar refractivity (Wildman–Crippen MR) is 54.7 cm³/mol. The van der Waals surface area contributed by atoms with E-state index in [4.69, 9.17) is 4.74 Å². The molecule has 0 spiro atoms. The van der Waals surface area contributed by atoms with Crippen molar-refractivity contribution in [3.8, 4) is 0 Å². The Morgan fingerprint density at radius 3 is 2.50 bits per heavy atom. The minimum absolute atomic E-state index is 0.0388. The van der Waals surface area contributed by atoms with Crippen molar-refractivity contribution in [1.82, 2.24) is 10.4 Å². The van der Waals surface area contributed by atoms with Crippen molar-refractivity contribution in [2.45, 2.75) is 13.0 Å². The van der Waals surface area contributed by atoms with Crippen LogP contribution >= 0.6 is 0 Å². The average Bonchev–Trinajstić information content (AvgIpc) is 2.02. The van der Waals surface area contributed by atoms with E-state index in [1.165, 1.54) is 6.26 Å². The second-order valence-electron chi connectivity index (χ2n) is 3.72. The van der Waals surface area contributed by atoms with E-state index in [-0.39, 0.29) is 11.8 Å². The Morgan fingerprint density at radius 1 is 1.43 bits per heavy atom. The van der Waals surface area contributed by atoms with Gasteiger partial charge in [0.25, 0.3) is 0 Å². The molecule has 1 heterocycles. The lowest BCUT2D eigenvalue weighted by atomic mass is 10.4. The van der Waals surface area contributed by atoms with Crippen LogP contribution in [-0.2, 0) is 14.6 Å². The maximum atomic E-state index is 11.0. The fourth-order valence-corrected chi connectivity index (χ4v) is 2.48. The molecule has 0 saturated carbocycles. The Morgan fingerprint density at radius 2 is 2.00 bits per heavy atom. The van der Waals surface area contributed by atoms with Crippen LogP contribution < -0.4 is 5.43 Å². The number of morpholine rings is 1. The van der Waals surface area contributed by atoms with Crippen molar-refractivity contribution in [2.24, 2.45) is 0 Å². The SMILES string of the molecule is CC(CS(C)(=O)=O)NN1CCOCC1. The van der Waals surface area contributed by atoms with Crippen LogP contribution in [-0.4, -0.2) is 57.8 Å². The zero-order valence-electron chi connectivity index (χ0n) is 8.69. The summed E-state index contributed by atoms with van der Waals surface area (Å²) in [6, 6.07) is -0.0388. The number of hydrogen-bond acceptors (Lipinski definition) is 5. The highest BCUT2D eigenvalue weighted by molar-refractivity contribution is 7.90. The molecule has 1 aliphatic rings. The molecule has 6 heteroatoms. The van der Waals surface area contributed by atoms with Gasteiger partial charge in [0.2, 0.25) is 0 Å². The molecule has 0 aromatic carbocycles. The van der Waals surface area contributed by atoms with Crippen LogP contribution in [0.25, 0.3) is 0 Å². The van der Waals surface area contributed by atoms with Crippen molar-refractivity contribution in [1.29, 1.82) is 0 Å². The highest BCUT2D eigenvalue weighted by Gasteiger charge is 2.15. The van der Waals surface area contributed by atoms with E-state index in [0.717, 1.165) is 13.1 Å². The van der Waals surface area contributed by atoms with Crippen LogP contribution in [0, 0.1) is 0 Å². The first-order valence-corrected chi connectivity index (χ1v) is 6.80. The molecule has 1 fully saturated rings. The zero-order chi connectivity index (χ0) is 10.6. The molecule has 1 N–H and O–H groups in total. The van der Waals surface area contributed by atoms with Gasteiger partial charge >= 0.3 is 0 Å². The molecule has 0 radical (unpaired) electrons. The van der Waals surface area contributed by atoms with Gasteiger partial charge < -0.3 is 4.74 Å². The van der Waals surface area contributed by atoms with E-state index in [2.05, 4.69) is 5.43 Å². The molecule has 0 bridgehead atoms. The molecule has 1 saturated heterocycles. The van der Waals surface area contributed by atoms with Gasteiger partial charge in [-0.05, 0) is 6.92 Å². The summed E-state index contributed by atoms with van der Waals surface area (Å²) >= 11 is 0. The molecule has 0 aromatic rings. The van der Waals surface area contributed by atoms with Gasteiger partial charge in [-0.25, -0.2) is 13.4 Å². The molecule has 1 atom stereocenters. The average molecular weight is 222 g/mol. The first-order chi connectivity index (χ1) is 6.47. The van der Waals surface area contributed by atoms with Crippen LogP contribution in [0.5, 0.6) is 0 Å². The van der Waals surface area contributed by atoms with Gasteiger partial charge in [-0.1, -0.05) is 0 Å². The van der Waals surface area contributed by atoms with E-state index in [9.17, 15) is 8.42 Å². The van der Waals surface area contributed by atoms with Crippen molar-refractivity contribution in [3.05, 3.63) is 0 Å². The smallest absolute Gasteiger partial charge is 0.149 e. The Labute approximate surface area is 85.3 Å². The van der Waals surface area contributed by atoms with Crippen molar-refractivity contribution >= 4 is 9.84 Å². The zero-order valence-corrected chi connectivity index (χ0v) is 9.51. The van der Waals surface area contributed by atoms with Gasteiger partial charge in [-0.15, -0.1) is 0 Å². The minimum atomic E-state index is -2.89.